The van der Waals surface area contributed by atoms with Crippen molar-refractivity contribution < 1.29 is 18.7 Å². The lowest BCUT2D eigenvalue weighted by atomic mass is 10.1. The second-order valence-corrected chi connectivity index (χ2v) is 7.22. The molecule has 0 atom stereocenters. The van der Waals surface area contributed by atoms with Crippen LogP contribution >= 0.6 is 0 Å². The maximum atomic E-state index is 13.7. The van der Waals surface area contributed by atoms with Gasteiger partial charge in [0.05, 0.1) is 7.11 Å². The molecule has 1 aliphatic rings. The minimum atomic E-state index is -0.164. The lowest BCUT2D eigenvalue weighted by molar-refractivity contribution is -0.132. The summed E-state index contributed by atoms with van der Waals surface area (Å²) < 4.78 is 18.8. The van der Waals surface area contributed by atoms with Gasteiger partial charge >= 0.3 is 0 Å². The Kier molecular flexibility index (Phi) is 7.36. The number of hydrogen-bond acceptors (Lipinski definition) is 4. The summed E-state index contributed by atoms with van der Waals surface area (Å²) in [6.07, 6.45) is 1.09. The van der Waals surface area contributed by atoms with Crippen LogP contribution in [0.1, 0.15) is 28.8 Å². The zero-order valence-electron chi connectivity index (χ0n) is 16.8. The quantitative estimate of drug-likeness (QED) is 0.641. The van der Waals surface area contributed by atoms with Gasteiger partial charge in [-0.2, -0.15) is 0 Å². The summed E-state index contributed by atoms with van der Waals surface area (Å²) in [4.78, 5) is 28.8. The lowest BCUT2D eigenvalue weighted by Gasteiger charge is -2.34. The molecule has 0 unspecified atom stereocenters. The molecule has 2 aromatic carbocycles. The molecule has 0 N–H and O–H groups in total. The third-order valence-corrected chi connectivity index (χ3v) is 5.36. The average molecular weight is 398 g/mol. The van der Waals surface area contributed by atoms with E-state index in [1.54, 1.807) is 37.4 Å². The molecule has 1 saturated heterocycles. The van der Waals surface area contributed by atoms with Crippen molar-refractivity contribution in [3.8, 4) is 5.75 Å². The fourth-order valence-corrected chi connectivity index (χ4v) is 3.50. The summed E-state index contributed by atoms with van der Waals surface area (Å²) in [7, 11) is 1.58. The van der Waals surface area contributed by atoms with Crippen LogP contribution in [0.15, 0.2) is 48.5 Å². The van der Waals surface area contributed by atoms with Crippen molar-refractivity contribution in [3.63, 3.8) is 0 Å². The minimum Gasteiger partial charge on any atom is -0.497 e. The molecule has 1 aliphatic heterocycles. The molecule has 0 aliphatic carbocycles. The van der Waals surface area contributed by atoms with Gasteiger partial charge in [-0.3, -0.25) is 14.5 Å². The minimum absolute atomic E-state index is 0.0145. The molecule has 0 saturated carbocycles. The number of halogens is 1. The van der Waals surface area contributed by atoms with Crippen molar-refractivity contribution in [1.82, 2.24) is 9.80 Å². The van der Waals surface area contributed by atoms with E-state index in [1.165, 1.54) is 6.07 Å². The van der Waals surface area contributed by atoms with Gasteiger partial charge in [0, 0.05) is 51.1 Å². The molecule has 5 nitrogen and oxygen atoms in total. The van der Waals surface area contributed by atoms with Crippen LogP contribution < -0.4 is 4.74 Å². The van der Waals surface area contributed by atoms with Crippen molar-refractivity contribution in [2.75, 3.05) is 39.8 Å². The fourth-order valence-electron chi connectivity index (χ4n) is 3.50. The van der Waals surface area contributed by atoms with Crippen molar-refractivity contribution in [3.05, 3.63) is 65.5 Å². The van der Waals surface area contributed by atoms with Gasteiger partial charge in [0.15, 0.2) is 5.78 Å². The third-order valence-electron chi connectivity index (χ3n) is 5.36. The van der Waals surface area contributed by atoms with E-state index < -0.39 is 0 Å². The Morgan fingerprint density at radius 2 is 1.66 bits per heavy atom. The second kappa shape index (κ2) is 10.2. The standard InChI is InChI=1S/C23H27FN2O3/c1-29-20-8-6-19(7-9-20)22(27)10-11-23(28)26-16-14-25(15-17-26)13-12-18-4-2-3-5-21(18)24/h2-9H,10-17H2,1H3. The molecule has 3 rings (SSSR count). The van der Waals surface area contributed by atoms with Crippen LogP contribution in [-0.2, 0) is 11.2 Å². The molecule has 0 aromatic heterocycles. The number of benzene rings is 2. The lowest BCUT2D eigenvalue weighted by Crippen LogP contribution is -2.49. The number of carbonyl (C=O) groups is 2. The van der Waals surface area contributed by atoms with Crippen LogP contribution in [0, 0.1) is 5.82 Å². The monoisotopic (exact) mass is 398 g/mol. The van der Waals surface area contributed by atoms with E-state index in [9.17, 15) is 14.0 Å². The van der Waals surface area contributed by atoms with Crippen LogP contribution in [0.2, 0.25) is 0 Å². The maximum absolute atomic E-state index is 13.7. The van der Waals surface area contributed by atoms with Crippen LogP contribution in [0.3, 0.4) is 0 Å². The van der Waals surface area contributed by atoms with Gasteiger partial charge in [-0.25, -0.2) is 4.39 Å². The molecular weight excluding hydrogens is 371 g/mol. The van der Waals surface area contributed by atoms with E-state index in [4.69, 9.17) is 4.74 Å². The zero-order valence-corrected chi connectivity index (χ0v) is 16.8. The SMILES string of the molecule is COc1ccc(C(=O)CCC(=O)N2CCN(CCc3ccccc3F)CC2)cc1. The predicted octanol–water partition coefficient (Wildman–Crippen LogP) is 3.18. The van der Waals surface area contributed by atoms with Gasteiger partial charge in [-0.1, -0.05) is 18.2 Å². The fraction of sp³-hybridized carbons (Fsp3) is 0.391. The van der Waals surface area contributed by atoms with Crippen LogP contribution in [0.5, 0.6) is 5.75 Å². The molecule has 6 heteroatoms. The number of hydrogen-bond donors (Lipinski definition) is 0. The van der Waals surface area contributed by atoms with Crippen LogP contribution in [0.4, 0.5) is 4.39 Å². The zero-order chi connectivity index (χ0) is 20.6. The van der Waals surface area contributed by atoms with E-state index >= 15 is 0 Å². The molecule has 1 amide bonds. The predicted molar refractivity (Wildman–Crippen MR) is 110 cm³/mol. The number of nitrogens with zero attached hydrogens (tertiary/aromatic N) is 2. The molecule has 154 valence electrons. The average Bonchev–Trinajstić information content (AvgIpc) is 2.77. The maximum Gasteiger partial charge on any atom is 0.223 e. The van der Waals surface area contributed by atoms with Crippen LogP contribution in [0.25, 0.3) is 0 Å². The number of piperazine rings is 1. The van der Waals surface area contributed by atoms with Crippen LogP contribution in [-0.4, -0.2) is 61.3 Å². The normalized spacial score (nSPS) is 14.6. The van der Waals surface area contributed by atoms with Crippen molar-refractivity contribution in [2.45, 2.75) is 19.3 Å². The van der Waals surface area contributed by atoms with E-state index in [1.807, 2.05) is 17.0 Å². The highest BCUT2D eigenvalue weighted by molar-refractivity contribution is 5.98. The van der Waals surface area contributed by atoms with Gasteiger partial charge in [0.2, 0.25) is 5.91 Å². The molecule has 2 aromatic rings. The summed E-state index contributed by atoms with van der Waals surface area (Å²) in [5, 5.41) is 0. The Morgan fingerprint density at radius 1 is 0.966 bits per heavy atom. The van der Waals surface area contributed by atoms with E-state index in [0.717, 1.165) is 25.2 Å². The number of Topliss-reactive ketones (excluding diaryl/α,β-unsaturated/α-hetero) is 1. The highest BCUT2D eigenvalue weighted by atomic mass is 19.1. The molecule has 1 heterocycles. The van der Waals surface area contributed by atoms with Gasteiger partial charge < -0.3 is 9.64 Å². The number of ketones is 1. The molecule has 0 bridgehead atoms. The highest BCUT2D eigenvalue weighted by Crippen LogP contribution is 2.14. The Labute approximate surface area is 171 Å². The number of ether oxygens (including phenoxy) is 1. The molecular formula is C23H27FN2O3. The van der Waals surface area contributed by atoms with E-state index in [2.05, 4.69) is 4.90 Å². The topological polar surface area (TPSA) is 49.9 Å². The third kappa shape index (κ3) is 5.87. The summed E-state index contributed by atoms with van der Waals surface area (Å²) in [5.74, 6) is 0.512. The van der Waals surface area contributed by atoms with Gasteiger partial charge in [-0.05, 0) is 42.3 Å². The number of methoxy groups -OCH3 is 1. The van der Waals surface area contributed by atoms with Gasteiger partial charge in [-0.15, -0.1) is 0 Å². The van der Waals surface area contributed by atoms with Gasteiger partial charge in [0.25, 0.3) is 0 Å². The second-order valence-electron chi connectivity index (χ2n) is 7.22. The first kappa shape index (κ1) is 21.0. The van der Waals surface area contributed by atoms with Gasteiger partial charge in [0.1, 0.15) is 11.6 Å². The summed E-state index contributed by atoms with van der Waals surface area (Å²) in [6, 6.07) is 13.8. The first-order valence-electron chi connectivity index (χ1n) is 9.97. The first-order valence-corrected chi connectivity index (χ1v) is 9.97. The number of amides is 1. The van der Waals surface area contributed by atoms with E-state index in [0.29, 0.717) is 30.8 Å². The first-order chi connectivity index (χ1) is 14.1. The Morgan fingerprint density at radius 3 is 2.31 bits per heavy atom. The number of carbonyl (C=O) groups excluding carboxylic acids is 2. The summed E-state index contributed by atoms with van der Waals surface area (Å²) >= 11 is 0. The van der Waals surface area contributed by atoms with Crippen molar-refractivity contribution >= 4 is 11.7 Å². The highest BCUT2D eigenvalue weighted by Gasteiger charge is 2.21. The number of rotatable bonds is 8. The Balaban J connectivity index is 1.39. The van der Waals surface area contributed by atoms with Crippen molar-refractivity contribution in [1.29, 1.82) is 0 Å². The molecule has 29 heavy (non-hydrogen) atoms. The van der Waals surface area contributed by atoms with Crippen molar-refractivity contribution in [2.24, 2.45) is 0 Å². The Bertz CT molecular complexity index is 830. The smallest absolute Gasteiger partial charge is 0.223 e. The summed E-state index contributed by atoms with van der Waals surface area (Å²) in [5.41, 5.74) is 1.32. The largest absolute Gasteiger partial charge is 0.497 e. The molecule has 0 spiro atoms. The molecule has 0 radical (unpaired) electrons. The Hall–Kier alpha value is -2.73. The van der Waals surface area contributed by atoms with E-state index in [-0.39, 0.29) is 30.3 Å². The summed E-state index contributed by atoms with van der Waals surface area (Å²) in [6.45, 7) is 3.61. The molecule has 1 fully saturated rings.